The van der Waals surface area contributed by atoms with Gasteiger partial charge in [-0.15, -0.1) is 0 Å². The first-order chi connectivity index (χ1) is 18.4. The van der Waals surface area contributed by atoms with Crippen LogP contribution >= 0.6 is 0 Å². The van der Waals surface area contributed by atoms with Gasteiger partial charge in [0.15, 0.2) is 29.9 Å². The van der Waals surface area contributed by atoms with E-state index in [0.29, 0.717) is 6.29 Å². The Kier molecular flexibility index (Phi) is 6.66. The number of aldehydes is 1. The Morgan fingerprint density at radius 2 is 1.87 bits per heavy atom. The summed E-state index contributed by atoms with van der Waals surface area (Å²) in [6.45, 7) is 0.524. The van der Waals surface area contributed by atoms with E-state index in [0.717, 1.165) is 0 Å². The van der Waals surface area contributed by atoms with Crippen molar-refractivity contribution >= 4 is 23.6 Å². The molecule has 3 aliphatic rings. The fourth-order valence-electron chi connectivity index (χ4n) is 5.74. The van der Waals surface area contributed by atoms with E-state index in [9.17, 15) is 44.7 Å². The highest BCUT2D eigenvalue weighted by Gasteiger charge is 2.50. The van der Waals surface area contributed by atoms with Crippen molar-refractivity contribution in [1.29, 1.82) is 0 Å². The minimum atomic E-state index is -2.27. The van der Waals surface area contributed by atoms with E-state index in [1.807, 2.05) is 0 Å². The van der Waals surface area contributed by atoms with Crippen molar-refractivity contribution in [3.63, 3.8) is 0 Å². The second-order valence-corrected chi connectivity index (χ2v) is 10.2. The molecule has 1 saturated heterocycles. The van der Waals surface area contributed by atoms with Crippen molar-refractivity contribution in [1.82, 2.24) is 0 Å². The van der Waals surface area contributed by atoms with Crippen molar-refractivity contribution in [2.45, 2.75) is 62.4 Å². The third kappa shape index (κ3) is 4.07. The molecule has 0 amide bonds. The number of carbonyl (C=O) groups excluding carboxylic acids is 4. The van der Waals surface area contributed by atoms with E-state index < -0.39 is 95.7 Å². The number of benzene rings is 2. The van der Waals surface area contributed by atoms with E-state index in [4.69, 9.17) is 15.2 Å². The third-order valence-electron chi connectivity index (χ3n) is 7.78. The van der Waals surface area contributed by atoms with Crippen molar-refractivity contribution in [3.8, 4) is 11.5 Å². The van der Waals surface area contributed by atoms with Crippen LogP contribution in [-0.2, 0) is 20.7 Å². The number of aromatic hydroxyl groups is 2. The zero-order valence-electron chi connectivity index (χ0n) is 20.8. The molecule has 0 saturated carbocycles. The van der Waals surface area contributed by atoms with E-state index >= 15 is 0 Å². The topological polar surface area (TPSA) is 214 Å². The number of hydrogen-bond donors (Lipinski definition) is 6. The number of hydrogen-bond acceptors (Lipinski definition) is 12. The van der Waals surface area contributed by atoms with E-state index in [2.05, 4.69) is 0 Å². The first kappa shape index (κ1) is 27.1. The number of nitrogens with two attached hydrogens (primary N) is 1. The van der Waals surface area contributed by atoms with Crippen LogP contribution in [0.2, 0.25) is 0 Å². The molecule has 7 N–H and O–H groups in total. The molecule has 2 aromatic rings. The number of aliphatic hydroxyl groups is 3. The summed E-state index contributed by atoms with van der Waals surface area (Å²) in [6.07, 6.45) is -4.91. The lowest BCUT2D eigenvalue weighted by atomic mass is 9.71. The molecule has 39 heavy (non-hydrogen) atoms. The predicted octanol–water partition coefficient (Wildman–Crippen LogP) is -0.195. The van der Waals surface area contributed by atoms with Crippen molar-refractivity contribution in [2.24, 2.45) is 5.73 Å². The molecule has 4 unspecified atom stereocenters. The monoisotopic (exact) mass is 541 g/mol. The number of ether oxygens (including phenoxy) is 2. The second kappa shape index (κ2) is 9.59. The predicted molar refractivity (Wildman–Crippen MR) is 131 cm³/mol. The molecule has 0 radical (unpaired) electrons. The highest BCUT2D eigenvalue weighted by Crippen LogP contribution is 2.52. The summed E-state index contributed by atoms with van der Waals surface area (Å²) in [5.74, 6) is -4.19. The average Bonchev–Trinajstić information content (AvgIpc) is 2.90. The summed E-state index contributed by atoms with van der Waals surface area (Å²) in [4.78, 5) is 51.2. The van der Waals surface area contributed by atoms with Gasteiger partial charge in [-0.2, -0.15) is 0 Å². The lowest BCUT2D eigenvalue weighted by molar-refractivity contribution is -0.247. The van der Waals surface area contributed by atoms with Gasteiger partial charge in [0.05, 0.1) is 29.4 Å². The molecule has 0 aromatic heterocycles. The quantitative estimate of drug-likeness (QED) is 0.183. The minimum absolute atomic E-state index is 0.00507. The molecule has 1 aliphatic heterocycles. The maximum Gasteiger partial charge on any atom is 0.199 e. The Morgan fingerprint density at radius 3 is 2.51 bits per heavy atom. The molecule has 6 atom stereocenters. The van der Waals surface area contributed by atoms with E-state index in [1.54, 1.807) is 6.92 Å². The summed E-state index contributed by atoms with van der Waals surface area (Å²) in [7, 11) is 0. The van der Waals surface area contributed by atoms with Gasteiger partial charge >= 0.3 is 0 Å². The zero-order chi connectivity index (χ0) is 28.4. The number of carbonyl (C=O) groups is 4. The maximum absolute atomic E-state index is 13.6. The molecule has 0 spiro atoms. The maximum atomic E-state index is 13.6. The van der Waals surface area contributed by atoms with Gasteiger partial charge in [0.1, 0.15) is 23.7 Å². The molecule has 12 nitrogen and oxygen atoms in total. The summed E-state index contributed by atoms with van der Waals surface area (Å²) in [5, 5.41) is 53.6. The van der Waals surface area contributed by atoms with Crippen LogP contribution in [0.3, 0.4) is 0 Å². The van der Waals surface area contributed by atoms with Crippen LogP contribution in [0.4, 0.5) is 0 Å². The summed E-state index contributed by atoms with van der Waals surface area (Å²) in [6, 6.07) is 3.29. The molecule has 1 heterocycles. The number of phenols is 2. The highest BCUT2D eigenvalue weighted by atomic mass is 16.7. The first-order valence-corrected chi connectivity index (χ1v) is 12.3. The van der Waals surface area contributed by atoms with E-state index in [1.165, 1.54) is 18.2 Å². The standard InChI is InChI=1S/C27H27NO11/c1-10-22(32)14(28)5-17(38-10)39-15-7-27(37,16(31)9-30)6-13-19(15)26(36)21-20(24(13)34)23(33)12-4-2-3-11(8-29)18(12)25(21)35/h2-4,8,10,14-15,17,22,30,32,34,36-37H,5-7,9,28H2,1H3/t10?,14?,15-,17?,22?,27-/m1/s1. The molecular formula is C27H27NO11. The SMILES string of the molecule is CC1OC(O[C@@H]2C[C@@](O)(C(=O)CO)Cc3c(O)c4c(c(O)c32)C(=O)c2c(C=O)cccc2C4=O)CC(N)C1O. The van der Waals surface area contributed by atoms with Gasteiger partial charge < -0.3 is 40.7 Å². The summed E-state index contributed by atoms with van der Waals surface area (Å²) >= 11 is 0. The largest absolute Gasteiger partial charge is 0.507 e. The number of phenolic OH excluding ortho intramolecular Hbond substituents is 2. The number of Topliss-reactive ketones (excluding diaryl/α,β-unsaturated/α-hetero) is 1. The van der Waals surface area contributed by atoms with Crippen LogP contribution in [0, 0.1) is 0 Å². The molecular weight excluding hydrogens is 514 g/mol. The van der Waals surface area contributed by atoms with Crippen LogP contribution in [-0.4, -0.2) is 85.9 Å². The Bertz CT molecular complexity index is 1410. The minimum Gasteiger partial charge on any atom is -0.507 e. The van der Waals surface area contributed by atoms with Gasteiger partial charge in [0, 0.05) is 53.1 Å². The number of rotatable bonds is 5. The van der Waals surface area contributed by atoms with Crippen LogP contribution in [0.5, 0.6) is 11.5 Å². The van der Waals surface area contributed by atoms with Gasteiger partial charge in [-0.05, 0) is 6.92 Å². The third-order valence-corrected chi connectivity index (χ3v) is 7.78. The Hall–Kier alpha value is -3.52. The van der Waals surface area contributed by atoms with Crippen molar-refractivity contribution < 1.29 is 54.2 Å². The molecule has 0 bridgehead atoms. The van der Waals surface area contributed by atoms with Crippen LogP contribution < -0.4 is 5.73 Å². The Morgan fingerprint density at radius 1 is 1.18 bits per heavy atom. The average molecular weight is 542 g/mol. The fourth-order valence-corrected chi connectivity index (χ4v) is 5.74. The lowest BCUT2D eigenvalue weighted by Gasteiger charge is -2.42. The molecule has 1 fully saturated rings. The Balaban J connectivity index is 1.69. The van der Waals surface area contributed by atoms with Crippen LogP contribution in [0.25, 0.3) is 0 Å². The van der Waals surface area contributed by atoms with Gasteiger partial charge in [0.2, 0.25) is 0 Å². The summed E-state index contributed by atoms with van der Waals surface area (Å²) < 4.78 is 11.7. The van der Waals surface area contributed by atoms with Gasteiger partial charge in [-0.1, -0.05) is 18.2 Å². The number of aliphatic hydroxyl groups excluding tert-OH is 2. The number of ketones is 3. The molecule has 2 aliphatic carbocycles. The molecule has 206 valence electrons. The number of fused-ring (bicyclic) bond motifs is 3. The van der Waals surface area contributed by atoms with Gasteiger partial charge in [0.25, 0.3) is 0 Å². The Labute approximate surface area is 221 Å². The smallest absolute Gasteiger partial charge is 0.199 e. The first-order valence-electron chi connectivity index (χ1n) is 12.3. The van der Waals surface area contributed by atoms with E-state index in [-0.39, 0.29) is 34.2 Å². The normalized spacial score (nSPS) is 29.8. The van der Waals surface area contributed by atoms with Gasteiger partial charge in [-0.3, -0.25) is 19.2 Å². The van der Waals surface area contributed by atoms with Crippen LogP contribution in [0.15, 0.2) is 18.2 Å². The summed E-state index contributed by atoms with van der Waals surface area (Å²) in [5.41, 5.74) is 1.77. The molecule has 12 heteroatoms. The highest BCUT2D eigenvalue weighted by molar-refractivity contribution is 6.32. The molecule has 2 aromatic carbocycles. The van der Waals surface area contributed by atoms with Gasteiger partial charge in [-0.25, -0.2) is 0 Å². The van der Waals surface area contributed by atoms with Crippen LogP contribution in [0.1, 0.15) is 79.2 Å². The zero-order valence-corrected chi connectivity index (χ0v) is 20.8. The second-order valence-electron chi connectivity index (χ2n) is 10.2. The lowest BCUT2D eigenvalue weighted by Crippen LogP contribution is -2.53. The molecule has 5 rings (SSSR count). The fraction of sp³-hybridized carbons (Fsp3) is 0.407. The van der Waals surface area contributed by atoms with Crippen molar-refractivity contribution in [2.75, 3.05) is 6.61 Å². The van der Waals surface area contributed by atoms with Crippen molar-refractivity contribution in [3.05, 3.63) is 57.1 Å².